The molecule has 23 heavy (non-hydrogen) atoms. The second-order valence-corrected chi connectivity index (χ2v) is 6.43. The molecule has 1 saturated heterocycles. The lowest BCUT2D eigenvalue weighted by Gasteiger charge is -2.19. The topological polar surface area (TPSA) is 66.5 Å². The number of amides is 3. The van der Waals surface area contributed by atoms with Gasteiger partial charge in [-0.2, -0.15) is 0 Å². The summed E-state index contributed by atoms with van der Waals surface area (Å²) in [5, 5.41) is 2.86. The highest BCUT2D eigenvalue weighted by atomic mass is 35.5. The highest BCUT2D eigenvalue weighted by Gasteiger charge is 2.52. The molecule has 2 aliphatic rings. The molecule has 5 nitrogen and oxygen atoms in total. The fraction of sp³-hybridized carbons (Fsp3) is 0.438. The molecule has 1 aromatic carbocycles. The molecule has 1 aliphatic heterocycles. The number of rotatable bonds is 4. The number of carbonyl (C=O) groups is 3. The van der Waals surface area contributed by atoms with E-state index in [2.05, 4.69) is 5.32 Å². The van der Waals surface area contributed by atoms with Gasteiger partial charge in [-0.15, -0.1) is 0 Å². The maximum atomic E-state index is 13.7. The van der Waals surface area contributed by atoms with E-state index in [0.29, 0.717) is 12.8 Å². The first-order valence-electron chi connectivity index (χ1n) is 7.52. The summed E-state index contributed by atoms with van der Waals surface area (Å²) in [5.74, 6) is -1.36. The Morgan fingerprint density at radius 2 is 2.00 bits per heavy atom. The molecule has 2 fully saturated rings. The summed E-state index contributed by atoms with van der Waals surface area (Å²) in [7, 11) is 0. The number of benzene rings is 1. The Labute approximate surface area is 137 Å². The Hall–Kier alpha value is -1.95. The van der Waals surface area contributed by atoms with Crippen LogP contribution in [-0.4, -0.2) is 34.7 Å². The lowest BCUT2D eigenvalue weighted by molar-refractivity contribution is -0.134. The van der Waals surface area contributed by atoms with Crippen molar-refractivity contribution < 1.29 is 18.8 Å². The van der Waals surface area contributed by atoms with E-state index < -0.39 is 23.2 Å². The first kappa shape index (κ1) is 15.9. The fourth-order valence-electron chi connectivity index (χ4n) is 3.27. The van der Waals surface area contributed by atoms with Crippen molar-refractivity contribution in [1.82, 2.24) is 10.2 Å². The first-order chi connectivity index (χ1) is 10.9. The van der Waals surface area contributed by atoms with Crippen molar-refractivity contribution in [2.45, 2.75) is 37.6 Å². The van der Waals surface area contributed by atoms with Crippen molar-refractivity contribution in [3.05, 3.63) is 34.6 Å². The fourth-order valence-corrected chi connectivity index (χ4v) is 3.50. The molecule has 7 heteroatoms. The third-order valence-electron chi connectivity index (χ3n) is 4.47. The highest BCUT2D eigenvalue weighted by Crippen LogP contribution is 2.35. The van der Waals surface area contributed by atoms with Crippen LogP contribution in [0.5, 0.6) is 0 Å². The largest absolute Gasteiger partial charge is 0.325 e. The molecule has 1 spiro atoms. The SMILES string of the molecule is O=C(Cc1c(F)cccc1Cl)CN1C(=O)NC2(CCCC2)C1=O. The molecule has 0 atom stereocenters. The van der Waals surface area contributed by atoms with Crippen LogP contribution in [0.3, 0.4) is 0 Å². The van der Waals surface area contributed by atoms with Crippen LogP contribution < -0.4 is 5.32 Å². The molecular weight excluding hydrogens is 323 g/mol. The number of halogens is 2. The summed E-state index contributed by atoms with van der Waals surface area (Å²) < 4.78 is 13.7. The van der Waals surface area contributed by atoms with Gasteiger partial charge >= 0.3 is 6.03 Å². The number of hydrogen-bond acceptors (Lipinski definition) is 3. The highest BCUT2D eigenvalue weighted by molar-refractivity contribution is 6.31. The summed E-state index contributed by atoms with van der Waals surface area (Å²) in [6.45, 7) is -0.364. The molecule has 1 N–H and O–H groups in total. The monoisotopic (exact) mass is 338 g/mol. The van der Waals surface area contributed by atoms with Crippen molar-refractivity contribution in [3.8, 4) is 0 Å². The van der Waals surface area contributed by atoms with Gasteiger partial charge in [-0.1, -0.05) is 30.5 Å². The third-order valence-corrected chi connectivity index (χ3v) is 4.83. The molecule has 3 amide bonds. The Kier molecular flexibility index (Phi) is 4.10. The Balaban J connectivity index is 1.71. The van der Waals surface area contributed by atoms with Crippen LogP contribution in [0.2, 0.25) is 5.02 Å². The number of nitrogens with zero attached hydrogens (tertiary/aromatic N) is 1. The number of carbonyl (C=O) groups excluding carboxylic acids is 3. The van der Waals surface area contributed by atoms with E-state index in [9.17, 15) is 18.8 Å². The van der Waals surface area contributed by atoms with E-state index in [1.807, 2.05) is 0 Å². The molecule has 3 rings (SSSR count). The minimum atomic E-state index is -0.840. The zero-order valence-electron chi connectivity index (χ0n) is 12.4. The normalized spacial score (nSPS) is 19.5. The van der Waals surface area contributed by atoms with Gasteiger partial charge < -0.3 is 5.32 Å². The van der Waals surface area contributed by atoms with E-state index in [0.717, 1.165) is 17.7 Å². The summed E-state index contributed by atoms with van der Waals surface area (Å²) in [4.78, 5) is 37.6. The first-order valence-corrected chi connectivity index (χ1v) is 7.89. The summed E-state index contributed by atoms with van der Waals surface area (Å²) in [5.41, 5.74) is -0.755. The van der Waals surface area contributed by atoms with Gasteiger partial charge in [0.1, 0.15) is 11.4 Å². The van der Waals surface area contributed by atoms with Crippen molar-refractivity contribution in [1.29, 1.82) is 0 Å². The van der Waals surface area contributed by atoms with Crippen LogP contribution >= 0.6 is 11.6 Å². The van der Waals surface area contributed by atoms with Gasteiger partial charge in [0, 0.05) is 17.0 Å². The average molecular weight is 339 g/mol. The number of hydrogen-bond donors (Lipinski definition) is 1. The van der Waals surface area contributed by atoms with Crippen LogP contribution in [0.4, 0.5) is 9.18 Å². The Morgan fingerprint density at radius 3 is 2.65 bits per heavy atom. The van der Waals surface area contributed by atoms with Crippen molar-refractivity contribution in [3.63, 3.8) is 0 Å². The third kappa shape index (κ3) is 2.83. The predicted octanol–water partition coefficient (Wildman–Crippen LogP) is 2.46. The van der Waals surface area contributed by atoms with E-state index in [1.54, 1.807) is 0 Å². The van der Waals surface area contributed by atoms with Crippen LogP contribution in [0.1, 0.15) is 31.2 Å². The standard InChI is InChI=1S/C16H16ClFN2O3/c17-12-4-3-5-13(18)11(12)8-10(21)9-20-14(22)16(19-15(20)23)6-1-2-7-16/h3-5H,1-2,6-9H2,(H,19,23). The predicted molar refractivity (Wildman–Crippen MR) is 81.6 cm³/mol. The van der Waals surface area contributed by atoms with Gasteiger partial charge in [0.05, 0.1) is 6.54 Å². The lowest BCUT2D eigenvalue weighted by atomic mass is 9.98. The zero-order chi connectivity index (χ0) is 16.6. The van der Waals surface area contributed by atoms with Crippen LogP contribution in [-0.2, 0) is 16.0 Å². The number of Topliss-reactive ketones (excluding diaryl/α,β-unsaturated/α-hetero) is 1. The molecule has 1 saturated carbocycles. The van der Waals surface area contributed by atoms with Crippen LogP contribution in [0.15, 0.2) is 18.2 Å². The molecule has 0 radical (unpaired) electrons. The van der Waals surface area contributed by atoms with E-state index in [4.69, 9.17) is 11.6 Å². The van der Waals surface area contributed by atoms with Crippen molar-refractivity contribution in [2.75, 3.05) is 6.54 Å². The minimum Gasteiger partial charge on any atom is -0.323 e. The Bertz CT molecular complexity index is 666. The van der Waals surface area contributed by atoms with E-state index in [1.165, 1.54) is 18.2 Å². The average Bonchev–Trinajstić information content (AvgIpc) is 3.05. The summed E-state index contributed by atoms with van der Waals surface area (Å²) >= 11 is 5.89. The van der Waals surface area contributed by atoms with Crippen molar-refractivity contribution in [2.24, 2.45) is 0 Å². The molecule has 1 heterocycles. The van der Waals surface area contributed by atoms with E-state index >= 15 is 0 Å². The summed E-state index contributed by atoms with van der Waals surface area (Å²) in [6.07, 6.45) is 2.69. The smallest absolute Gasteiger partial charge is 0.323 e. The second kappa shape index (κ2) is 5.92. The quantitative estimate of drug-likeness (QED) is 0.858. The maximum absolute atomic E-state index is 13.7. The van der Waals surface area contributed by atoms with Gasteiger partial charge in [-0.05, 0) is 25.0 Å². The second-order valence-electron chi connectivity index (χ2n) is 6.03. The molecular formula is C16H16ClFN2O3. The number of imide groups is 1. The zero-order valence-corrected chi connectivity index (χ0v) is 13.2. The van der Waals surface area contributed by atoms with Crippen molar-refractivity contribution >= 4 is 29.3 Å². The number of nitrogens with one attached hydrogen (secondary N) is 1. The summed E-state index contributed by atoms with van der Waals surface area (Å²) in [6, 6.07) is 3.61. The number of urea groups is 1. The molecule has 1 aromatic rings. The number of ketones is 1. The molecule has 1 aliphatic carbocycles. The van der Waals surface area contributed by atoms with Crippen LogP contribution in [0, 0.1) is 5.82 Å². The Morgan fingerprint density at radius 1 is 1.30 bits per heavy atom. The van der Waals surface area contributed by atoms with Gasteiger partial charge in [0.15, 0.2) is 5.78 Å². The lowest BCUT2D eigenvalue weighted by Crippen LogP contribution is -2.44. The van der Waals surface area contributed by atoms with E-state index in [-0.39, 0.29) is 29.5 Å². The molecule has 122 valence electrons. The van der Waals surface area contributed by atoms with Gasteiger partial charge in [0.2, 0.25) is 0 Å². The van der Waals surface area contributed by atoms with Crippen LogP contribution in [0.25, 0.3) is 0 Å². The van der Waals surface area contributed by atoms with Gasteiger partial charge in [-0.3, -0.25) is 14.5 Å². The van der Waals surface area contributed by atoms with Gasteiger partial charge in [-0.25, -0.2) is 9.18 Å². The van der Waals surface area contributed by atoms with Gasteiger partial charge in [0.25, 0.3) is 5.91 Å². The maximum Gasteiger partial charge on any atom is 0.325 e. The molecule has 0 aromatic heterocycles. The molecule has 0 bridgehead atoms. The molecule has 0 unspecified atom stereocenters. The minimum absolute atomic E-state index is 0.0850.